The van der Waals surface area contributed by atoms with Gasteiger partial charge in [-0.25, -0.2) is 0 Å². The second kappa shape index (κ2) is 10.2. The Balaban J connectivity index is 1.46. The third kappa shape index (κ3) is 4.89. The summed E-state index contributed by atoms with van der Waals surface area (Å²) in [5.41, 5.74) is 7.38. The van der Waals surface area contributed by atoms with E-state index >= 15 is 0 Å². The molecule has 1 aliphatic heterocycles. The van der Waals surface area contributed by atoms with Crippen LogP contribution < -0.4 is 4.74 Å². The van der Waals surface area contributed by atoms with E-state index in [2.05, 4.69) is 44.0 Å². The highest BCUT2D eigenvalue weighted by molar-refractivity contribution is 6.50. The Hall–Kier alpha value is -3.91. The highest BCUT2D eigenvalue weighted by Gasteiger charge is 2.35. The third-order valence-corrected chi connectivity index (χ3v) is 6.94. The molecule has 0 aliphatic carbocycles. The van der Waals surface area contributed by atoms with Gasteiger partial charge in [0.1, 0.15) is 23.7 Å². The first kappa shape index (κ1) is 24.8. The summed E-state index contributed by atoms with van der Waals surface area (Å²) < 4.78 is 7.86. The second-order valence-electron chi connectivity index (χ2n) is 9.82. The minimum Gasteiger partial charge on any atom is -0.489 e. The smallest absolute Gasteiger partial charge is 0.412 e. The van der Waals surface area contributed by atoms with Gasteiger partial charge in [0.05, 0.1) is 6.54 Å². The van der Waals surface area contributed by atoms with Crippen LogP contribution in [0.4, 0.5) is 0 Å². The molecule has 0 fully saturated rings. The van der Waals surface area contributed by atoms with E-state index < -0.39 is 7.05 Å². The van der Waals surface area contributed by atoms with Crippen molar-refractivity contribution in [2.75, 3.05) is 6.54 Å². The van der Waals surface area contributed by atoms with Crippen LogP contribution in [0.2, 0.25) is 6.82 Å². The van der Waals surface area contributed by atoms with Gasteiger partial charge < -0.3 is 14.6 Å². The van der Waals surface area contributed by atoms with Crippen LogP contribution in [0.5, 0.6) is 5.75 Å². The Bertz CT molecular complexity index is 1420. The molecule has 4 aromatic rings. The zero-order valence-electron chi connectivity index (χ0n) is 21.7. The minimum atomic E-state index is -0.873. The zero-order valence-corrected chi connectivity index (χ0v) is 21.7. The van der Waals surface area contributed by atoms with E-state index in [-0.39, 0.29) is 5.91 Å². The normalized spacial score (nSPS) is 13.1. The lowest BCUT2D eigenvalue weighted by atomic mass is 9.83. The van der Waals surface area contributed by atoms with Crippen molar-refractivity contribution < 1.29 is 14.6 Å². The molecule has 1 N–H and O–H groups in total. The van der Waals surface area contributed by atoms with Gasteiger partial charge in [-0.2, -0.15) is 5.10 Å². The number of carbonyl (C=O) groups excluding carboxylic acids is 1. The molecular weight excluding hydrogens is 463 g/mol. The number of rotatable bonds is 7. The van der Waals surface area contributed by atoms with Crippen molar-refractivity contribution in [2.45, 2.75) is 46.7 Å². The quantitative estimate of drug-likeness (QED) is 0.358. The van der Waals surface area contributed by atoms with Crippen molar-refractivity contribution in [1.82, 2.24) is 19.6 Å². The summed E-state index contributed by atoms with van der Waals surface area (Å²) in [4.78, 5) is 19.0. The molecule has 3 heterocycles. The van der Waals surface area contributed by atoms with Crippen molar-refractivity contribution in [2.24, 2.45) is 0 Å². The Kier molecular flexibility index (Phi) is 6.85. The molecule has 0 spiro atoms. The lowest BCUT2D eigenvalue weighted by Gasteiger charge is -2.28. The topological polar surface area (TPSA) is 80.5 Å². The van der Waals surface area contributed by atoms with Crippen molar-refractivity contribution in [3.63, 3.8) is 0 Å². The van der Waals surface area contributed by atoms with Crippen LogP contribution >= 0.6 is 0 Å². The van der Waals surface area contributed by atoms with E-state index in [1.807, 2.05) is 36.4 Å². The van der Waals surface area contributed by atoms with Gasteiger partial charge in [-0.1, -0.05) is 44.2 Å². The summed E-state index contributed by atoms with van der Waals surface area (Å²) in [6.45, 7) is 9.52. The lowest BCUT2D eigenvalue weighted by molar-refractivity contribution is 0.0796. The number of benzene rings is 2. The Morgan fingerprint density at radius 1 is 1.03 bits per heavy atom. The molecule has 8 heteroatoms. The Morgan fingerprint density at radius 2 is 1.76 bits per heavy atom. The molecule has 0 unspecified atom stereocenters. The number of carbonyl (C=O) groups is 1. The summed E-state index contributed by atoms with van der Waals surface area (Å²) in [6.07, 6.45) is 3.43. The van der Waals surface area contributed by atoms with Gasteiger partial charge in [-0.05, 0) is 66.2 Å². The minimum absolute atomic E-state index is 0.232. The molecular formula is C29H31BN4O3. The number of nitrogens with zero attached hydrogens (tertiary/aromatic N) is 4. The predicted molar refractivity (Wildman–Crippen MR) is 145 cm³/mol. The van der Waals surface area contributed by atoms with Crippen molar-refractivity contribution in [3.05, 3.63) is 89.4 Å². The molecule has 2 aromatic carbocycles. The Labute approximate surface area is 217 Å². The summed E-state index contributed by atoms with van der Waals surface area (Å²) in [5.74, 6) is 1.01. The number of aromatic nitrogens is 3. The number of amides is 1. The van der Waals surface area contributed by atoms with E-state index in [0.717, 1.165) is 28.0 Å². The summed E-state index contributed by atoms with van der Waals surface area (Å²) in [5, 5.41) is 15.0. The third-order valence-electron chi connectivity index (χ3n) is 6.94. The average molecular weight is 494 g/mol. The maximum absolute atomic E-state index is 13.4. The van der Waals surface area contributed by atoms with Crippen molar-refractivity contribution in [3.8, 4) is 28.1 Å². The van der Waals surface area contributed by atoms with E-state index in [9.17, 15) is 9.82 Å². The molecule has 37 heavy (non-hydrogen) atoms. The largest absolute Gasteiger partial charge is 0.489 e. The Morgan fingerprint density at radius 3 is 2.41 bits per heavy atom. The summed E-state index contributed by atoms with van der Waals surface area (Å²) in [7, 11) is -0.873. The first-order valence-corrected chi connectivity index (χ1v) is 12.7. The van der Waals surface area contributed by atoms with Crippen LogP contribution in [0.25, 0.3) is 22.4 Å². The number of hydrogen-bond acceptors (Lipinski definition) is 5. The molecule has 0 atom stereocenters. The fraction of sp³-hybridized carbons (Fsp3) is 0.276. The van der Waals surface area contributed by atoms with Crippen LogP contribution in [0.15, 0.2) is 67.0 Å². The molecule has 5 rings (SSSR count). The summed E-state index contributed by atoms with van der Waals surface area (Å²) >= 11 is 0. The van der Waals surface area contributed by atoms with Crippen LogP contribution in [0, 0.1) is 6.92 Å². The first-order valence-electron chi connectivity index (χ1n) is 12.7. The van der Waals surface area contributed by atoms with Crippen LogP contribution in [0.3, 0.4) is 0 Å². The molecule has 0 saturated carbocycles. The van der Waals surface area contributed by atoms with E-state index in [4.69, 9.17) is 9.84 Å². The van der Waals surface area contributed by atoms with Gasteiger partial charge in [0, 0.05) is 30.1 Å². The average Bonchev–Trinajstić information content (AvgIpc) is 3.29. The van der Waals surface area contributed by atoms with Crippen molar-refractivity contribution >= 4 is 13.0 Å². The number of hydrogen-bond donors (Lipinski definition) is 1. The monoisotopic (exact) mass is 494 g/mol. The zero-order chi connectivity index (χ0) is 26.1. The van der Waals surface area contributed by atoms with E-state index in [0.29, 0.717) is 37.0 Å². The molecule has 2 aromatic heterocycles. The second-order valence-corrected chi connectivity index (χ2v) is 9.82. The van der Waals surface area contributed by atoms with E-state index in [1.165, 1.54) is 15.9 Å². The van der Waals surface area contributed by atoms with Gasteiger partial charge in [-0.3, -0.25) is 14.5 Å². The van der Waals surface area contributed by atoms with Gasteiger partial charge >= 0.3 is 7.05 Å². The first-order chi connectivity index (χ1) is 17.8. The molecule has 7 nitrogen and oxygen atoms in total. The van der Waals surface area contributed by atoms with Crippen LogP contribution in [0.1, 0.15) is 46.9 Å². The summed E-state index contributed by atoms with van der Waals surface area (Å²) in [6, 6.07) is 18.1. The highest BCUT2D eigenvalue weighted by atomic mass is 16.5. The predicted octanol–water partition coefficient (Wildman–Crippen LogP) is 5.19. The molecule has 0 bridgehead atoms. The molecule has 1 amide bonds. The van der Waals surface area contributed by atoms with Crippen LogP contribution in [-0.4, -0.2) is 44.1 Å². The van der Waals surface area contributed by atoms with Crippen LogP contribution in [-0.2, 0) is 13.2 Å². The molecule has 0 saturated heterocycles. The molecule has 0 radical (unpaired) electrons. The standard InChI is InChI=1S/C29H31BN4O3/c1-19(2)23-5-6-24(20(3)17-23)18-37-25-9-7-21(8-10-25)26-27(22-11-13-31-14-12-22)32-34-16-15-33(30(4)36)29(35)28(26)34/h5-14,17,19,36H,15-16,18H2,1-4H3. The fourth-order valence-electron chi connectivity index (χ4n) is 4.74. The molecule has 188 valence electrons. The molecule has 1 aliphatic rings. The number of ether oxygens (including phenoxy) is 1. The van der Waals surface area contributed by atoms with Gasteiger partial charge in [-0.15, -0.1) is 0 Å². The SMILES string of the molecule is CB(O)N1CCn2nc(-c3ccncc3)c(-c3ccc(OCc4ccc(C(C)C)cc4C)cc3)c2C1=O. The van der Waals surface area contributed by atoms with Crippen molar-refractivity contribution in [1.29, 1.82) is 0 Å². The lowest BCUT2D eigenvalue weighted by Crippen LogP contribution is -2.48. The van der Waals surface area contributed by atoms with Gasteiger partial charge in [0.25, 0.3) is 5.91 Å². The highest BCUT2D eigenvalue weighted by Crippen LogP contribution is 2.37. The maximum atomic E-state index is 13.4. The van der Waals surface area contributed by atoms with Gasteiger partial charge in [0.2, 0.25) is 0 Å². The maximum Gasteiger partial charge on any atom is 0.412 e. The number of pyridine rings is 1. The van der Waals surface area contributed by atoms with E-state index in [1.54, 1.807) is 23.9 Å². The number of fused-ring (bicyclic) bond motifs is 1. The fourth-order valence-corrected chi connectivity index (χ4v) is 4.74. The van der Waals surface area contributed by atoms with Gasteiger partial charge in [0.15, 0.2) is 0 Å². The number of aryl methyl sites for hydroxylation is 1.